The quantitative estimate of drug-likeness (QED) is 0.790. The molecule has 0 fully saturated rings. The minimum atomic E-state index is -0.342. The fourth-order valence-electron chi connectivity index (χ4n) is 2.06. The Morgan fingerprint density at radius 2 is 1.84 bits per heavy atom. The molecule has 4 heteroatoms. The van der Waals surface area contributed by atoms with Crippen LogP contribution in [0.3, 0.4) is 0 Å². The Kier molecular flexibility index (Phi) is 5.20. The average Bonchev–Trinajstić information content (AvgIpc) is 2.37. The highest BCUT2D eigenvalue weighted by atomic mass is 16.5. The van der Waals surface area contributed by atoms with Crippen molar-refractivity contribution in [3.05, 3.63) is 23.8 Å². The van der Waals surface area contributed by atoms with E-state index in [1.54, 1.807) is 14.2 Å². The zero-order valence-corrected chi connectivity index (χ0v) is 12.4. The van der Waals surface area contributed by atoms with Gasteiger partial charge in [-0.1, -0.05) is 6.07 Å². The van der Waals surface area contributed by atoms with Gasteiger partial charge >= 0.3 is 0 Å². The summed E-state index contributed by atoms with van der Waals surface area (Å²) in [7, 11) is 5.26. The van der Waals surface area contributed by atoms with Crippen molar-refractivity contribution in [2.45, 2.75) is 20.4 Å². The summed E-state index contributed by atoms with van der Waals surface area (Å²) in [6.45, 7) is 5.37. The minimum absolute atomic E-state index is 0.342. The summed E-state index contributed by atoms with van der Waals surface area (Å²) in [5, 5.41) is 9.05. The molecule has 0 unspecified atom stereocenters. The predicted molar refractivity (Wildman–Crippen MR) is 75.3 cm³/mol. The lowest BCUT2D eigenvalue weighted by Crippen LogP contribution is -2.29. The van der Waals surface area contributed by atoms with Gasteiger partial charge in [0.25, 0.3) is 0 Å². The van der Waals surface area contributed by atoms with Crippen molar-refractivity contribution in [1.29, 1.82) is 5.26 Å². The Balaban J connectivity index is 2.75. The second kappa shape index (κ2) is 6.44. The molecule has 0 N–H and O–H groups in total. The molecule has 1 rings (SSSR count). The number of nitriles is 1. The topological polar surface area (TPSA) is 45.5 Å². The van der Waals surface area contributed by atoms with Crippen molar-refractivity contribution >= 4 is 0 Å². The second-order valence-corrected chi connectivity index (χ2v) is 5.36. The summed E-state index contributed by atoms with van der Waals surface area (Å²) in [4.78, 5) is 2.13. The highest BCUT2D eigenvalue weighted by Crippen LogP contribution is 2.28. The lowest BCUT2D eigenvalue weighted by molar-refractivity contribution is 0.248. The lowest BCUT2D eigenvalue weighted by atomic mass is 9.95. The molecule has 0 aromatic heterocycles. The van der Waals surface area contributed by atoms with E-state index in [0.717, 1.165) is 30.2 Å². The van der Waals surface area contributed by atoms with Crippen molar-refractivity contribution in [2.75, 3.05) is 27.8 Å². The smallest absolute Gasteiger partial charge is 0.161 e. The van der Waals surface area contributed by atoms with E-state index >= 15 is 0 Å². The van der Waals surface area contributed by atoms with Crippen molar-refractivity contribution in [3.8, 4) is 17.6 Å². The molecule has 1 aromatic carbocycles. The van der Waals surface area contributed by atoms with E-state index < -0.39 is 0 Å². The van der Waals surface area contributed by atoms with E-state index in [9.17, 15) is 0 Å². The summed E-state index contributed by atoms with van der Waals surface area (Å²) in [6.07, 6.45) is 0. The van der Waals surface area contributed by atoms with Crippen molar-refractivity contribution in [1.82, 2.24) is 4.90 Å². The van der Waals surface area contributed by atoms with E-state index in [2.05, 4.69) is 11.0 Å². The first-order valence-corrected chi connectivity index (χ1v) is 6.22. The molecule has 0 atom stereocenters. The Bertz CT molecular complexity index is 464. The largest absolute Gasteiger partial charge is 0.493 e. The minimum Gasteiger partial charge on any atom is -0.493 e. The van der Waals surface area contributed by atoms with Crippen molar-refractivity contribution in [3.63, 3.8) is 0 Å². The van der Waals surface area contributed by atoms with E-state index in [-0.39, 0.29) is 5.41 Å². The van der Waals surface area contributed by atoms with Crippen molar-refractivity contribution < 1.29 is 9.47 Å². The fourth-order valence-corrected chi connectivity index (χ4v) is 2.06. The zero-order valence-electron chi connectivity index (χ0n) is 12.4. The number of benzene rings is 1. The van der Waals surface area contributed by atoms with Gasteiger partial charge in [-0.05, 0) is 38.6 Å². The van der Waals surface area contributed by atoms with Gasteiger partial charge in [-0.25, -0.2) is 0 Å². The number of ether oxygens (including phenoxy) is 2. The van der Waals surface area contributed by atoms with Crippen LogP contribution in [-0.4, -0.2) is 32.7 Å². The van der Waals surface area contributed by atoms with Crippen molar-refractivity contribution in [2.24, 2.45) is 5.41 Å². The van der Waals surface area contributed by atoms with Crippen LogP contribution in [0, 0.1) is 16.7 Å². The predicted octanol–water partition coefficient (Wildman–Crippen LogP) is 2.69. The molecule has 0 saturated carbocycles. The summed E-state index contributed by atoms with van der Waals surface area (Å²) in [5.74, 6) is 1.46. The van der Waals surface area contributed by atoms with Crippen LogP contribution >= 0.6 is 0 Å². The Labute approximate surface area is 115 Å². The molecule has 0 aliphatic heterocycles. The molecule has 0 amide bonds. The van der Waals surface area contributed by atoms with Gasteiger partial charge in [-0.15, -0.1) is 0 Å². The normalized spacial score (nSPS) is 11.2. The van der Waals surface area contributed by atoms with E-state index in [4.69, 9.17) is 14.7 Å². The van der Waals surface area contributed by atoms with Crippen LogP contribution in [0.25, 0.3) is 0 Å². The third-order valence-electron chi connectivity index (χ3n) is 2.87. The second-order valence-electron chi connectivity index (χ2n) is 5.36. The van der Waals surface area contributed by atoms with Crippen LogP contribution in [0.2, 0.25) is 0 Å². The summed E-state index contributed by atoms with van der Waals surface area (Å²) in [5.41, 5.74) is 0.791. The Morgan fingerprint density at radius 3 is 2.37 bits per heavy atom. The van der Waals surface area contributed by atoms with Crippen LogP contribution in [-0.2, 0) is 6.54 Å². The van der Waals surface area contributed by atoms with Crippen LogP contribution in [0.1, 0.15) is 19.4 Å². The van der Waals surface area contributed by atoms with Crippen LogP contribution in [0.5, 0.6) is 11.5 Å². The molecule has 104 valence electrons. The molecule has 4 nitrogen and oxygen atoms in total. The zero-order chi connectivity index (χ0) is 14.5. The number of hydrogen-bond donors (Lipinski definition) is 0. The Morgan fingerprint density at radius 1 is 1.21 bits per heavy atom. The van der Waals surface area contributed by atoms with Crippen LogP contribution < -0.4 is 9.47 Å². The number of methoxy groups -OCH3 is 2. The molecule has 0 aliphatic rings. The first-order chi connectivity index (χ1) is 8.91. The summed E-state index contributed by atoms with van der Waals surface area (Å²) in [6, 6.07) is 8.19. The third kappa shape index (κ3) is 4.46. The molecule has 0 aliphatic carbocycles. The molecule has 1 aromatic rings. The molecular weight excluding hydrogens is 240 g/mol. The number of hydrogen-bond acceptors (Lipinski definition) is 4. The molecule has 0 radical (unpaired) electrons. The fraction of sp³-hybridized carbons (Fsp3) is 0.533. The third-order valence-corrected chi connectivity index (χ3v) is 2.87. The van der Waals surface area contributed by atoms with Crippen LogP contribution in [0.4, 0.5) is 0 Å². The maximum Gasteiger partial charge on any atom is 0.161 e. The van der Waals surface area contributed by atoms with Gasteiger partial charge in [0.2, 0.25) is 0 Å². The standard InChI is InChI=1S/C15H22N2O2/c1-15(2,10-16)11-17(3)9-12-6-7-13(18-4)14(8-12)19-5/h6-8H,9,11H2,1-5H3. The summed E-state index contributed by atoms with van der Waals surface area (Å²) >= 11 is 0. The molecule has 0 heterocycles. The molecule has 0 saturated heterocycles. The molecular formula is C15H22N2O2. The van der Waals surface area contributed by atoms with Gasteiger partial charge < -0.3 is 14.4 Å². The molecule has 0 spiro atoms. The van der Waals surface area contributed by atoms with E-state index in [1.807, 2.05) is 39.1 Å². The Hall–Kier alpha value is -1.73. The summed E-state index contributed by atoms with van der Waals surface area (Å²) < 4.78 is 10.5. The van der Waals surface area contributed by atoms with Gasteiger partial charge in [0, 0.05) is 13.1 Å². The van der Waals surface area contributed by atoms with Gasteiger partial charge in [-0.3, -0.25) is 0 Å². The van der Waals surface area contributed by atoms with Gasteiger partial charge in [0.15, 0.2) is 11.5 Å². The van der Waals surface area contributed by atoms with Crippen LogP contribution in [0.15, 0.2) is 18.2 Å². The van der Waals surface area contributed by atoms with Gasteiger partial charge in [0.05, 0.1) is 25.7 Å². The first-order valence-electron chi connectivity index (χ1n) is 6.22. The highest BCUT2D eigenvalue weighted by Gasteiger charge is 2.19. The SMILES string of the molecule is COc1ccc(CN(C)CC(C)(C)C#N)cc1OC. The monoisotopic (exact) mass is 262 g/mol. The molecule has 0 bridgehead atoms. The number of nitrogens with zero attached hydrogens (tertiary/aromatic N) is 2. The van der Waals surface area contributed by atoms with Gasteiger partial charge in [0.1, 0.15) is 0 Å². The highest BCUT2D eigenvalue weighted by molar-refractivity contribution is 5.42. The lowest BCUT2D eigenvalue weighted by Gasteiger charge is -2.24. The van der Waals surface area contributed by atoms with E-state index in [1.165, 1.54) is 0 Å². The van der Waals surface area contributed by atoms with Gasteiger partial charge in [-0.2, -0.15) is 5.26 Å². The maximum absolute atomic E-state index is 9.05. The number of rotatable bonds is 6. The van der Waals surface area contributed by atoms with E-state index in [0.29, 0.717) is 0 Å². The first kappa shape index (κ1) is 15.3. The maximum atomic E-state index is 9.05. The molecule has 19 heavy (non-hydrogen) atoms. The average molecular weight is 262 g/mol.